The summed E-state index contributed by atoms with van der Waals surface area (Å²) in [5.74, 6) is -1.18. The highest BCUT2D eigenvalue weighted by atomic mass is 19.1. The number of nitrogens with zero attached hydrogens (tertiary/aromatic N) is 1. The van der Waals surface area contributed by atoms with Gasteiger partial charge in [0.05, 0.1) is 10.9 Å². The lowest BCUT2D eigenvalue weighted by molar-refractivity contribution is -0.146. The lowest BCUT2D eigenvalue weighted by atomic mass is 9.85. The minimum absolute atomic E-state index is 0.302. The number of fused-ring (bicyclic) bond motifs is 1. The van der Waals surface area contributed by atoms with Crippen molar-refractivity contribution in [3.05, 3.63) is 35.3 Å². The van der Waals surface area contributed by atoms with E-state index in [9.17, 15) is 9.18 Å². The summed E-state index contributed by atoms with van der Waals surface area (Å²) in [5, 5.41) is 9.99. The molecule has 0 bridgehead atoms. The van der Waals surface area contributed by atoms with Gasteiger partial charge in [0.1, 0.15) is 5.82 Å². The van der Waals surface area contributed by atoms with Crippen LogP contribution >= 0.6 is 0 Å². The van der Waals surface area contributed by atoms with Crippen LogP contribution in [0.2, 0.25) is 0 Å². The van der Waals surface area contributed by atoms with E-state index in [1.165, 1.54) is 6.07 Å². The lowest BCUT2D eigenvalue weighted by Crippen LogP contribution is -2.26. The Hall–Kier alpha value is -1.84. The number of carboxylic acid groups (broad SMARTS) is 1. The molecule has 2 rings (SSSR count). The highest BCUT2D eigenvalue weighted by Crippen LogP contribution is 2.28. The maximum atomic E-state index is 14.1. The zero-order valence-corrected chi connectivity index (χ0v) is 11.6. The third-order valence-electron chi connectivity index (χ3n) is 3.51. The summed E-state index contributed by atoms with van der Waals surface area (Å²) >= 11 is 0. The van der Waals surface area contributed by atoms with Crippen LogP contribution in [-0.2, 0) is 18.3 Å². The lowest BCUT2D eigenvalue weighted by Gasteiger charge is -2.19. The fourth-order valence-electron chi connectivity index (χ4n) is 2.43. The summed E-state index contributed by atoms with van der Waals surface area (Å²) in [6, 6.07) is 3.32. The summed E-state index contributed by atoms with van der Waals surface area (Å²) in [5.41, 5.74) is 1.37. The molecule has 102 valence electrons. The molecule has 0 spiro atoms. The number of rotatable bonds is 3. The van der Waals surface area contributed by atoms with Crippen molar-refractivity contribution in [2.75, 3.05) is 0 Å². The van der Waals surface area contributed by atoms with Crippen LogP contribution < -0.4 is 0 Å². The van der Waals surface area contributed by atoms with E-state index >= 15 is 0 Å². The molecule has 0 amide bonds. The number of aliphatic carboxylic acids is 1. The Balaban J connectivity index is 2.53. The second kappa shape index (κ2) is 4.37. The summed E-state index contributed by atoms with van der Waals surface area (Å²) < 4.78 is 15.9. The van der Waals surface area contributed by atoms with Gasteiger partial charge in [0.15, 0.2) is 0 Å². The van der Waals surface area contributed by atoms with Crippen molar-refractivity contribution in [1.82, 2.24) is 4.57 Å². The Kier molecular flexibility index (Phi) is 3.12. The van der Waals surface area contributed by atoms with E-state index in [4.69, 9.17) is 5.11 Å². The monoisotopic (exact) mass is 263 g/mol. The van der Waals surface area contributed by atoms with Gasteiger partial charge in [-0.15, -0.1) is 0 Å². The zero-order valence-electron chi connectivity index (χ0n) is 11.6. The number of hydrogen-bond donors (Lipinski definition) is 1. The summed E-state index contributed by atoms with van der Waals surface area (Å²) in [6.45, 7) is 5.22. The molecule has 0 unspecified atom stereocenters. The number of carbonyl (C=O) groups is 1. The molecule has 0 atom stereocenters. The highest BCUT2D eigenvalue weighted by molar-refractivity contribution is 5.85. The first-order valence-electron chi connectivity index (χ1n) is 6.20. The third-order valence-corrected chi connectivity index (χ3v) is 3.51. The maximum Gasteiger partial charge on any atom is 0.309 e. The van der Waals surface area contributed by atoms with Crippen molar-refractivity contribution in [3.63, 3.8) is 0 Å². The van der Waals surface area contributed by atoms with Gasteiger partial charge in [-0.05, 0) is 50.5 Å². The number of aromatic nitrogens is 1. The fraction of sp³-hybridized carbons (Fsp3) is 0.400. The van der Waals surface area contributed by atoms with Gasteiger partial charge in [-0.2, -0.15) is 0 Å². The van der Waals surface area contributed by atoms with Gasteiger partial charge < -0.3 is 9.67 Å². The summed E-state index contributed by atoms with van der Waals surface area (Å²) in [7, 11) is 1.80. The second-order valence-electron chi connectivity index (χ2n) is 5.76. The summed E-state index contributed by atoms with van der Waals surface area (Å²) in [6.07, 6.45) is 2.18. The highest BCUT2D eigenvalue weighted by Gasteiger charge is 2.28. The largest absolute Gasteiger partial charge is 0.481 e. The Bertz CT molecular complexity index is 656. The average Bonchev–Trinajstić information content (AvgIpc) is 2.53. The van der Waals surface area contributed by atoms with E-state index < -0.39 is 11.4 Å². The van der Waals surface area contributed by atoms with Gasteiger partial charge in [-0.3, -0.25) is 4.79 Å². The number of benzene rings is 1. The fourth-order valence-corrected chi connectivity index (χ4v) is 2.43. The molecular weight excluding hydrogens is 245 g/mol. The molecule has 0 aliphatic heterocycles. The third kappa shape index (κ3) is 2.35. The SMILES string of the molecule is Cc1cn(C)c2c(F)cc(CC(C)(C)C(=O)O)cc12. The molecule has 1 aromatic heterocycles. The standard InChI is InChI=1S/C15H18FNO2/c1-9-8-17(4)13-11(9)5-10(6-12(13)16)7-15(2,3)14(18)19/h5-6,8H,7H2,1-4H3,(H,18,19). The molecule has 1 heterocycles. The number of carboxylic acids is 1. The van der Waals surface area contributed by atoms with Crippen LogP contribution in [0.3, 0.4) is 0 Å². The van der Waals surface area contributed by atoms with Crippen molar-refractivity contribution in [1.29, 1.82) is 0 Å². The van der Waals surface area contributed by atoms with Gasteiger partial charge >= 0.3 is 5.97 Å². The van der Waals surface area contributed by atoms with Crippen LogP contribution in [0.25, 0.3) is 10.9 Å². The molecule has 2 aromatic rings. The van der Waals surface area contributed by atoms with Crippen molar-refractivity contribution in [3.8, 4) is 0 Å². The molecule has 0 aliphatic rings. The van der Waals surface area contributed by atoms with Crippen LogP contribution in [0.15, 0.2) is 18.3 Å². The molecule has 3 nitrogen and oxygen atoms in total. The van der Waals surface area contributed by atoms with Crippen molar-refractivity contribution in [2.45, 2.75) is 27.2 Å². The van der Waals surface area contributed by atoms with Crippen LogP contribution in [0.1, 0.15) is 25.0 Å². The minimum Gasteiger partial charge on any atom is -0.481 e. The second-order valence-corrected chi connectivity index (χ2v) is 5.76. The van der Waals surface area contributed by atoms with E-state index in [2.05, 4.69) is 0 Å². The van der Waals surface area contributed by atoms with Gasteiger partial charge in [-0.25, -0.2) is 4.39 Å². The van der Waals surface area contributed by atoms with Gasteiger partial charge in [-0.1, -0.05) is 0 Å². The Morgan fingerprint density at radius 1 is 1.42 bits per heavy atom. The maximum absolute atomic E-state index is 14.1. The first-order chi connectivity index (χ1) is 8.72. The van der Waals surface area contributed by atoms with Gasteiger partial charge in [0.25, 0.3) is 0 Å². The van der Waals surface area contributed by atoms with Crippen LogP contribution in [0, 0.1) is 18.2 Å². The van der Waals surface area contributed by atoms with E-state index in [1.54, 1.807) is 25.5 Å². The molecule has 0 saturated carbocycles. The molecule has 0 radical (unpaired) electrons. The smallest absolute Gasteiger partial charge is 0.309 e. The first-order valence-corrected chi connectivity index (χ1v) is 6.20. The number of hydrogen-bond acceptors (Lipinski definition) is 1. The first kappa shape index (κ1) is 13.6. The molecule has 0 aliphatic carbocycles. The van der Waals surface area contributed by atoms with E-state index in [0.717, 1.165) is 10.9 Å². The predicted molar refractivity (Wildman–Crippen MR) is 72.7 cm³/mol. The Morgan fingerprint density at radius 3 is 2.63 bits per heavy atom. The van der Waals surface area contributed by atoms with E-state index in [0.29, 0.717) is 17.5 Å². The Labute approximate surface area is 111 Å². The molecule has 1 N–H and O–H groups in total. The van der Waals surface area contributed by atoms with Crippen LogP contribution in [0.5, 0.6) is 0 Å². The van der Waals surface area contributed by atoms with E-state index in [1.807, 2.05) is 19.2 Å². The van der Waals surface area contributed by atoms with Crippen molar-refractivity contribution < 1.29 is 14.3 Å². The molecule has 19 heavy (non-hydrogen) atoms. The molecule has 4 heteroatoms. The van der Waals surface area contributed by atoms with Crippen molar-refractivity contribution >= 4 is 16.9 Å². The normalized spacial score (nSPS) is 12.1. The van der Waals surface area contributed by atoms with Gasteiger partial charge in [0, 0.05) is 18.6 Å². The molecular formula is C15H18FNO2. The van der Waals surface area contributed by atoms with E-state index in [-0.39, 0.29) is 5.82 Å². The van der Waals surface area contributed by atoms with Crippen LogP contribution in [0.4, 0.5) is 4.39 Å². The molecule has 0 saturated heterocycles. The topological polar surface area (TPSA) is 42.2 Å². The number of halogens is 1. The van der Waals surface area contributed by atoms with Crippen molar-refractivity contribution in [2.24, 2.45) is 12.5 Å². The molecule has 0 fully saturated rings. The quantitative estimate of drug-likeness (QED) is 0.923. The minimum atomic E-state index is -0.900. The number of aryl methyl sites for hydroxylation is 2. The predicted octanol–water partition coefficient (Wildman–Crippen LogP) is 3.28. The average molecular weight is 263 g/mol. The van der Waals surface area contributed by atoms with Gasteiger partial charge in [0.2, 0.25) is 0 Å². The summed E-state index contributed by atoms with van der Waals surface area (Å²) in [4.78, 5) is 11.1. The molecule has 1 aromatic carbocycles. The van der Waals surface area contributed by atoms with Crippen LogP contribution in [-0.4, -0.2) is 15.6 Å². The zero-order chi connectivity index (χ0) is 14.4. The Morgan fingerprint density at radius 2 is 2.05 bits per heavy atom.